The molecule has 9 aromatic rings. The summed E-state index contributed by atoms with van der Waals surface area (Å²) in [4.78, 5) is 2.47. The van der Waals surface area contributed by atoms with Crippen molar-refractivity contribution in [2.45, 2.75) is 19.3 Å². The van der Waals surface area contributed by atoms with Crippen LogP contribution in [-0.2, 0) is 5.41 Å². The summed E-state index contributed by atoms with van der Waals surface area (Å²) in [5.74, 6) is 0. The second kappa shape index (κ2) is 11.3. The van der Waals surface area contributed by atoms with Gasteiger partial charge in [0, 0.05) is 33.2 Å². The van der Waals surface area contributed by atoms with Crippen molar-refractivity contribution in [2.24, 2.45) is 0 Å². The third-order valence-corrected chi connectivity index (χ3v) is 11.0. The smallest absolute Gasteiger partial charge is 0.0782 e. The zero-order valence-corrected chi connectivity index (χ0v) is 28.7. The van der Waals surface area contributed by atoms with Crippen LogP contribution in [0, 0.1) is 0 Å². The van der Waals surface area contributed by atoms with E-state index in [1.165, 1.54) is 66.0 Å². The van der Waals surface area contributed by atoms with Crippen LogP contribution in [0.15, 0.2) is 182 Å². The largest absolute Gasteiger partial charge is 0.308 e. The molecule has 1 heterocycles. The molecule has 0 atom stereocenters. The van der Waals surface area contributed by atoms with Crippen molar-refractivity contribution in [3.8, 4) is 27.9 Å². The lowest BCUT2D eigenvalue weighted by molar-refractivity contribution is 0.660. The Kier molecular flexibility index (Phi) is 6.56. The predicted molar refractivity (Wildman–Crippen MR) is 216 cm³/mol. The molecule has 1 aromatic heterocycles. The van der Waals surface area contributed by atoms with E-state index in [9.17, 15) is 0 Å². The van der Waals surface area contributed by atoms with E-state index in [1.54, 1.807) is 0 Å². The zero-order valence-electron chi connectivity index (χ0n) is 28.7. The average Bonchev–Trinajstić information content (AvgIpc) is 3.64. The van der Waals surface area contributed by atoms with E-state index in [2.05, 4.69) is 205 Å². The minimum Gasteiger partial charge on any atom is -0.308 e. The minimum absolute atomic E-state index is 0.114. The van der Waals surface area contributed by atoms with Crippen LogP contribution in [0.5, 0.6) is 0 Å². The Labute approximate surface area is 298 Å². The fourth-order valence-corrected chi connectivity index (χ4v) is 8.46. The molecular formula is C49H36N2. The van der Waals surface area contributed by atoms with Crippen LogP contribution >= 0.6 is 0 Å². The Morgan fingerprint density at radius 2 is 1.12 bits per heavy atom. The maximum Gasteiger partial charge on any atom is 0.0782 e. The molecule has 0 spiro atoms. The van der Waals surface area contributed by atoms with Gasteiger partial charge in [0.2, 0.25) is 0 Å². The van der Waals surface area contributed by atoms with Crippen molar-refractivity contribution < 1.29 is 0 Å². The van der Waals surface area contributed by atoms with E-state index in [4.69, 9.17) is 0 Å². The summed E-state index contributed by atoms with van der Waals surface area (Å²) < 4.78 is 2.46. The number of hydrogen-bond acceptors (Lipinski definition) is 1. The molecule has 10 rings (SSSR count). The van der Waals surface area contributed by atoms with Gasteiger partial charge in [0.25, 0.3) is 0 Å². The fraction of sp³-hybridized carbons (Fsp3) is 0.0612. The molecule has 1 aliphatic carbocycles. The highest BCUT2D eigenvalue weighted by Crippen LogP contribution is 2.51. The van der Waals surface area contributed by atoms with Crippen molar-refractivity contribution in [1.82, 2.24) is 4.57 Å². The number of anilines is 3. The zero-order chi connectivity index (χ0) is 34.1. The van der Waals surface area contributed by atoms with Gasteiger partial charge in [-0.25, -0.2) is 0 Å². The van der Waals surface area contributed by atoms with Gasteiger partial charge in [-0.1, -0.05) is 147 Å². The third kappa shape index (κ3) is 4.57. The quantitative estimate of drug-likeness (QED) is 0.180. The molecule has 0 N–H and O–H groups in total. The Bertz CT molecular complexity index is 2770. The number of hydrogen-bond donors (Lipinski definition) is 0. The van der Waals surface area contributed by atoms with E-state index in [0.717, 1.165) is 22.7 Å². The van der Waals surface area contributed by atoms with Gasteiger partial charge in [-0.05, 0) is 92.7 Å². The first-order valence-corrected chi connectivity index (χ1v) is 17.8. The van der Waals surface area contributed by atoms with E-state index in [1.807, 2.05) is 0 Å². The summed E-state index contributed by atoms with van der Waals surface area (Å²) in [6.45, 7) is 4.72. The van der Waals surface area contributed by atoms with Gasteiger partial charge in [0.1, 0.15) is 0 Å². The van der Waals surface area contributed by atoms with Crippen LogP contribution in [0.2, 0.25) is 0 Å². The first kappa shape index (κ1) is 29.5. The summed E-state index contributed by atoms with van der Waals surface area (Å²) in [7, 11) is 0. The summed E-state index contributed by atoms with van der Waals surface area (Å²) >= 11 is 0. The molecular weight excluding hydrogens is 617 g/mol. The van der Waals surface area contributed by atoms with Crippen molar-refractivity contribution in [3.05, 3.63) is 193 Å². The van der Waals surface area contributed by atoms with Gasteiger partial charge in [-0.15, -0.1) is 0 Å². The molecule has 0 saturated carbocycles. The van der Waals surface area contributed by atoms with Crippen LogP contribution in [0.25, 0.3) is 60.5 Å². The summed E-state index contributed by atoms with van der Waals surface area (Å²) in [6.07, 6.45) is 0. The summed E-state index contributed by atoms with van der Waals surface area (Å²) in [6, 6.07) is 66.7. The summed E-state index contributed by atoms with van der Waals surface area (Å²) in [5.41, 5.74) is 14.6. The van der Waals surface area contributed by atoms with Crippen LogP contribution in [0.3, 0.4) is 0 Å². The van der Waals surface area contributed by atoms with Crippen LogP contribution in [0.4, 0.5) is 17.1 Å². The third-order valence-electron chi connectivity index (χ3n) is 11.0. The maximum atomic E-state index is 2.47. The monoisotopic (exact) mass is 652 g/mol. The van der Waals surface area contributed by atoms with Gasteiger partial charge in [-0.3, -0.25) is 0 Å². The molecule has 0 unspecified atom stereocenters. The topological polar surface area (TPSA) is 8.17 Å². The Hall–Kier alpha value is -6.38. The molecule has 0 fully saturated rings. The second-order valence-electron chi connectivity index (χ2n) is 14.2. The number of benzene rings is 8. The van der Waals surface area contributed by atoms with Gasteiger partial charge in [0.15, 0.2) is 0 Å². The van der Waals surface area contributed by atoms with E-state index in [0.29, 0.717) is 0 Å². The van der Waals surface area contributed by atoms with Crippen molar-refractivity contribution >= 4 is 49.6 Å². The van der Waals surface area contributed by atoms with Gasteiger partial charge in [0.05, 0.1) is 16.7 Å². The lowest BCUT2D eigenvalue weighted by Crippen LogP contribution is -2.17. The minimum atomic E-state index is -0.114. The van der Waals surface area contributed by atoms with Gasteiger partial charge in [-0.2, -0.15) is 0 Å². The molecule has 2 heteroatoms. The SMILES string of the molecule is CC1(C)c2ccccc2-c2ccc(N(c3ccc(-c4ccccc4)cc3)c3cccc4c5ccccc5n(-c5ccc6ccccc6c5)c34)cc21. The first-order valence-electron chi connectivity index (χ1n) is 17.8. The number of aromatic nitrogens is 1. The second-order valence-corrected chi connectivity index (χ2v) is 14.2. The number of nitrogens with zero attached hydrogens (tertiary/aromatic N) is 2. The molecule has 0 aliphatic heterocycles. The molecule has 0 bridgehead atoms. The maximum absolute atomic E-state index is 2.47. The predicted octanol–water partition coefficient (Wildman–Crippen LogP) is 13.4. The lowest BCUT2D eigenvalue weighted by atomic mass is 9.82. The van der Waals surface area contributed by atoms with E-state index < -0.39 is 0 Å². The molecule has 51 heavy (non-hydrogen) atoms. The standard InChI is InChI=1S/C49H36N2/c1-49(2)44-20-10-8-17-40(44)41-30-29-39(32-45(41)49)50(37-26-23-35(24-27-37)33-13-4-3-5-14-33)47-22-12-19-43-42-18-9-11-21-46(42)51(48(43)47)38-28-25-34-15-6-7-16-36(34)31-38/h3-32H,1-2H3. The summed E-state index contributed by atoms with van der Waals surface area (Å²) in [5, 5.41) is 4.94. The molecule has 8 aromatic carbocycles. The molecule has 242 valence electrons. The molecule has 0 saturated heterocycles. The van der Waals surface area contributed by atoms with Crippen molar-refractivity contribution in [1.29, 1.82) is 0 Å². The molecule has 1 aliphatic rings. The number of fused-ring (bicyclic) bond motifs is 7. The normalized spacial score (nSPS) is 13.1. The van der Waals surface area contributed by atoms with E-state index in [-0.39, 0.29) is 5.41 Å². The average molecular weight is 653 g/mol. The van der Waals surface area contributed by atoms with Crippen molar-refractivity contribution in [3.63, 3.8) is 0 Å². The van der Waals surface area contributed by atoms with Gasteiger partial charge < -0.3 is 9.47 Å². The number of rotatable bonds is 5. The van der Waals surface area contributed by atoms with Crippen LogP contribution in [-0.4, -0.2) is 4.57 Å². The highest BCUT2D eigenvalue weighted by atomic mass is 15.2. The Balaban J connectivity index is 1.25. The number of para-hydroxylation sites is 2. The Morgan fingerprint density at radius 1 is 0.451 bits per heavy atom. The Morgan fingerprint density at radius 3 is 1.98 bits per heavy atom. The fourth-order valence-electron chi connectivity index (χ4n) is 8.46. The van der Waals surface area contributed by atoms with Crippen LogP contribution in [0.1, 0.15) is 25.0 Å². The molecule has 0 amide bonds. The highest BCUT2D eigenvalue weighted by molar-refractivity contribution is 6.14. The van der Waals surface area contributed by atoms with Gasteiger partial charge >= 0.3 is 0 Å². The first-order chi connectivity index (χ1) is 25.1. The lowest BCUT2D eigenvalue weighted by Gasteiger charge is -2.29. The van der Waals surface area contributed by atoms with Crippen molar-refractivity contribution in [2.75, 3.05) is 4.90 Å². The molecule has 2 nitrogen and oxygen atoms in total. The van der Waals surface area contributed by atoms with Crippen LogP contribution < -0.4 is 4.90 Å². The molecule has 0 radical (unpaired) electrons. The highest BCUT2D eigenvalue weighted by Gasteiger charge is 2.36. The van der Waals surface area contributed by atoms with E-state index >= 15 is 0 Å².